The molecule has 0 N–H and O–H groups in total. The lowest BCUT2D eigenvalue weighted by Crippen LogP contribution is -2.39. The highest BCUT2D eigenvalue weighted by atomic mass is 35.5. The van der Waals surface area contributed by atoms with E-state index in [-0.39, 0.29) is 5.91 Å². The molecule has 3 aromatic rings. The standard InChI is InChI=1S/C20H24ClN5O2S/c1-14-12-15(21)13-16-17(14)23-20(29-16)26(19(27)18-22-4-7-24(18)2)6-3-5-25-8-10-28-11-9-25/h4,7,12-13H,3,5-6,8-11H2,1-2H3. The number of rotatable bonds is 6. The number of thiazole rings is 1. The van der Waals surface area contributed by atoms with Crippen LogP contribution >= 0.6 is 22.9 Å². The van der Waals surface area contributed by atoms with Crippen LogP contribution in [0.3, 0.4) is 0 Å². The minimum atomic E-state index is -0.137. The van der Waals surface area contributed by atoms with Gasteiger partial charge in [0.15, 0.2) is 11.0 Å². The molecule has 0 saturated carbocycles. The van der Waals surface area contributed by atoms with Crippen LogP contribution in [0.5, 0.6) is 0 Å². The number of imidazole rings is 1. The fourth-order valence-electron chi connectivity index (χ4n) is 3.51. The zero-order chi connectivity index (χ0) is 20.4. The molecule has 0 radical (unpaired) electrons. The van der Waals surface area contributed by atoms with Crippen LogP contribution in [0.25, 0.3) is 10.2 Å². The van der Waals surface area contributed by atoms with Gasteiger partial charge in [-0.05, 0) is 31.0 Å². The van der Waals surface area contributed by atoms with Crippen LogP contribution in [0.2, 0.25) is 5.02 Å². The number of nitrogens with zero attached hydrogens (tertiary/aromatic N) is 5. The van der Waals surface area contributed by atoms with E-state index in [0.717, 1.165) is 55.0 Å². The van der Waals surface area contributed by atoms with Gasteiger partial charge in [0, 0.05) is 50.6 Å². The molecule has 0 atom stereocenters. The summed E-state index contributed by atoms with van der Waals surface area (Å²) in [5.41, 5.74) is 1.90. The first-order valence-corrected chi connectivity index (χ1v) is 10.9. The number of morpholine rings is 1. The Morgan fingerprint density at radius 2 is 2.14 bits per heavy atom. The van der Waals surface area contributed by atoms with Gasteiger partial charge in [-0.2, -0.15) is 0 Å². The van der Waals surface area contributed by atoms with Crippen molar-refractivity contribution in [2.75, 3.05) is 44.3 Å². The molecular formula is C20H24ClN5O2S. The van der Waals surface area contributed by atoms with E-state index in [9.17, 15) is 4.79 Å². The summed E-state index contributed by atoms with van der Waals surface area (Å²) in [4.78, 5) is 26.4. The van der Waals surface area contributed by atoms with Gasteiger partial charge < -0.3 is 9.30 Å². The summed E-state index contributed by atoms with van der Waals surface area (Å²) in [5.74, 6) is 0.271. The summed E-state index contributed by atoms with van der Waals surface area (Å²) in [5, 5.41) is 1.36. The van der Waals surface area contributed by atoms with Crippen molar-refractivity contribution in [3.63, 3.8) is 0 Å². The number of ether oxygens (including phenoxy) is 1. The number of halogens is 1. The van der Waals surface area contributed by atoms with Gasteiger partial charge in [-0.3, -0.25) is 14.6 Å². The van der Waals surface area contributed by atoms with Crippen LogP contribution in [0.15, 0.2) is 24.5 Å². The highest BCUT2D eigenvalue weighted by Crippen LogP contribution is 2.33. The SMILES string of the molecule is Cc1cc(Cl)cc2sc(N(CCCN3CCOCC3)C(=O)c3nccn3C)nc12. The van der Waals surface area contributed by atoms with Gasteiger partial charge in [0.1, 0.15) is 0 Å². The summed E-state index contributed by atoms with van der Waals surface area (Å²) in [7, 11) is 1.83. The number of aryl methyl sites for hydroxylation is 2. The number of hydrogen-bond donors (Lipinski definition) is 0. The predicted octanol–water partition coefficient (Wildman–Crippen LogP) is 3.36. The zero-order valence-electron chi connectivity index (χ0n) is 16.6. The maximum absolute atomic E-state index is 13.3. The zero-order valence-corrected chi connectivity index (χ0v) is 18.2. The number of anilines is 1. The maximum atomic E-state index is 13.3. The first kappa shape index (κ1) is 20.3. The quantitative estimate of drug-likeness (QED) is 0.596. The lowest BCUT2D eigenvalue weighted by Gasteiger charge is -2.27. The summed E-state index contributed by atoms with van der Waals surface area (Å²) >= 11 is 7.71. The largest absolute Gasteiger partial charge is 0.379 e. The van der Waals surface area contributed by atoms with Crippen LogP contribution in [0, 0.1) is 6.92 Å². The van der Waals surface area contributed by atoms with Crippen LogP contribution < -0.4 is 4.90 Å². The van der Waals surface area contributed by atoms with Gasteiger partial charge in [-0.25, -0.2) is 9.97 Å². The van der Waals surface area contributed by atoms with Crippen molar-refractivity contribution in [2.24, 2.45) is 7.05 Å². The average Bonchev–Trinajstić information content (AvgIpc) is 3.32. The maximum Gasteiger partial charge on any atom is 0.296 e. The number of aromatic nitrogens is 3. The van der Waals surface area contributed by atoms with E-state index >= 15 is 0 Å². The molecule has 0 bridgehead atoms. The van der Waals surface area contributed by atoms with Crippen molar-refractivity contribution in [2.45, 2.75) is 13.3 Å². The van der Waals surface area contributed by atoms with Crippen molar-refractivity contribution < 1.29 is 9.53 Å². The topological polar surface area (TPSA) is 63.5 Å². The fourth-order valence-corrected chi connectivity index (χ4v) is 4.96. The molecule has 3 heterocycles. The minimum absolute atomic E-state index is 0.137. The summed E-state index contributed by atoms with van der Waals surface area (Å²) in [6.45, 7) is 6.90. The second-order valence-corrected chi connectivity index (χ2v) is 8.64. The highest BCUT2D eigenvalue weighted by Gasteiger charge is 2.25. The molecule has 1 saturated heterocycles. The van der Waals surface area contributed by atoms with E-state index in [0.29, 0.717) is 22.5 Å². The molecule has 1 aliphatic rings. The monoisotopic (exact) mass is 433 g/mol. The van der Waals surface area contributed by atoms with Gasteiger partial charge in [-0.1, -0.05) is 22.9 Å². The predicted molar refractivity (Wildman–Crippen MR) is 116 cm³/mol. The van der Waals surface area contributed by atoms with E-state index < -0.39 is 0 Å². The lowest BCUT2D eigenvalue weighted by atomic mass is 10.2. The molecule has 0 spiro atoms. The molecular weight excluding hydrogens is 410 g/mol. The van der Waals surface area contributed by atoms with Crippen LogP contribution in [0.4, 0.5) is 5.13 Å². The van der Waals surface area contributed by atoms with Gasteiger partial charge in [0.05, 0.1) is 23.4 Å². The van der Waals surface area contributed by atoms with Crippen LogP contribution in [0.1, 0.15) is 22.6 Å². The normalized spacial score (nSPS) is 15.1. The minimum Gasteiger partial charge on any atom is -0.379 e. The number of carbonyl (C=O) groups is 1. The Kier molecular flexibility index (Phi) is 6.15. The summed E-state index contributed by atoms with van der Waals surface area (Å²) < 4.78 is 8.14. The third kappa shape index (κ3) is 4.45. The number of fused-ring (bicyclic) bond motifs is 1. The molecule has 1 aliphatic heterocycles. The molecule has 0 aliphatic carbocycles. The highest BCUT2D eigenvalue weighted by molar-refractivity contribution is 7.22. The Balaban J connectivity index is 1.60. The number of amides is 1. The smallest absolute Gasteiger partial charge is 0.296 e. The Bertz CT molecular complexity index is 1010. The molecule has 29 heavy (non-hydrogen) atoms. The Hall–Kier alpha value is -2.00. The first-order valence-electron chi connectivity index (χ1n) is 9.69. The van der Waals surface area contributed by atoms with Crippen molar-refractivity contribution >= 4 is 44.2 Å². The van der Waals surface area contributed by atoms with Gasteiger partial charge in [-0.15, -0.1) is 0 Å². The van der Waals surface area contributed by atoms with Gasteiger partial charge >= 0.3 is 0 Å². The van der Waals surface area contributed by atoms with Crippen LogP contribution in [-0.2, 0) is 11.8 Å². The van der Waals surface area contributed by atoms with Crippen molar-refractivity contribution in [1.29, 1.82) is 0 Å². The lowest BCUT2D eigenvalue weighted by molar-refractivity contribution is 0.0376. The average molecular weight is 434 g/mol. The Labute approximate surface area is 178 Å². The molecule has 1 aromatic carbocycles. The van der Waals surface area contributed by atoms with E-state index in [2.05, 4.69) is 9.88 Å². The molecule has 9 heteroatoms. The molecule has 1 amide bonds. The fraction of sp³-hybridized carbons (Fsp3) is 0.450. The molecule has 4 rings (SSSR count). The third-order valence-electron chi connectivity index (χ3n) is 5.09. The molecule has 7 nitrogen and oxygen atoms in total. The van der Waals surface area contributed by atoms with Crippen molar-refractivity contribution in [1.82, 2.24) is 19.4 Å². The summed E-state index contributed by atoms with van der Waals surface area (Å²) in [6, 6.07) is 3.80. The van der Waals surface area contributed by atoms with E-state index in [1.165, 1.54) is 11.3 Å². The Morgan fingerprint density at radius 1 is 1.34 bits per heavy atom. The Morgan fingerprint density at radius 3 is 2.86 bits per heavy atom. The second-order valence-electron chi connectivity index (χ2n) is 7.19. The number of benzene rings is 1. The summed E-state index contributed by atoms with van der Waals surface area (Å²) in [6.07, 6.45) is 4.27. The van der Waals surface area contributed by atoms with Crippen molar-refractivity contribution in [3.05, 3.63) is 40.9 Å². The number of carbonyl (C=O) groups excluding carboxylic acids is 1. The van der Waals surface area contributed by atoms with E-state index in [1.807, 2.05) is 26.1 Å². The molecule has 154 valence electrons. The van der Waals surface area contributed by atoms with Crippen molar-refractivity contribution in [3.8, 4) is 0 Å². The number of hydrogen-bond acceptors (Lipinski definition) is 6. The first-order chi connectivity index (χ1) is 14.0. The van der Waals surface area contributed by atoms with Gasteiger partial charge in [0.2, 0.25) is 0 Å². The molecule has 0 unspecified atom stereocenters. The van der Waals surface area contributed by atoms with E-state index in [1.54, 1.807) is 21.9 Å². The van der Waals surface area contributed by atoms with Gasteiger partial charge in [0.25, 0.3) is 5.91 Å². The van der Waals surface area contributed by atoms with E-state index in [4.69, 9.17) is 21.3 Å². The van der Waals surface area contributed by atoms with Crippen LogP contribution in [-0.4, -0.2) is 64.7 Å². The molecule has 1 fully saturated rings. The molecule has 2 aromatic heterocycles. The third-order valence-corrected chi connectivity index (χ3v) is 6.33. The second kappa shape index (κ2) is 8.79.